The van der Waals surface area contributed by atoms with Crippen LogP contribution in [0.5, 0.6) is 11.5 Å². The summed E-state index contributed by atoms with van der Waals surface area (Å²) in [6, 6.07) is 9.74. The lowest BCUT2D eigenvalue weighted by Crippen LogP contribution is -2.31. The molecule has 1 aliphatic heterocycles. The quantitative estimate of drug-likeness (QED) is 0.626. The van der Waals surface area contributed by atoms with Crippen LogP contribution >= 0.6 is 23.4 Å². The molecule has 0 saturated carbocycles. The first-order valence-corrected chi connectivity index (χ1v) is 8.42. The van der Waals surface area contributed by atoms with Gasteiger partial charge in [0.25, 0.3) is 5.91 Å². The highest BCUT2D eigenvalue weighted by atomic mass is 35.5. The van der Waals surface area contributed by atoms with Crippen molar-refractivity contribution in [1.82, 2.24) is 5.32 Å². The zero-order valence-corrected chi connectivity index (χ0v) is 14.3. The third-order valence-electron chi connectivity index (χ3n) is 3.52. The number of aryl methyl sites for hydroxylation is 1. The molecule has 3 rings (SSSR count). The van der Waals surface area contributed by atoms with E-state index in [-0.39, 0.29) is 22.9 Å². The minimum atomic E-state index is -0.333. The molecule has 1 amide bonds. The number of carbonyl (C=O) groups excluding carboxylic acids is 1. The van der Waals surface area contributed by atoms with Crippen molar-refractivity contribution in [2.75, 3.05) is 5.32 Å². The van der Waals surface area contributed by atoms with Gasteiger partial charge < -0.3 is 20.8 Å². The number of halogens is 1. The van der Waals surface area contributed by atoms with E-state index < -0.39 is 0 Å². The topological polar surface area (TPSA) is 81.6 Å². The number of benzene rings is 2. The lowest BCUT2D eigenvalue weighted by atomic mass is 10.2. The van der Waals surface area contributed by atoms with Crippen LogP contribution in [0.15, 0.2) is 41.3 Å². The van der Waals surface area contributed by atoms with Gasteiger partial charge in [-0.05, 0) is 42.8 Å². The molecule has 1 aliphatic rings. The molecule has 4 N–H and O–H groups in total. The summed E-state index contributed by atoms with van der Waals surface area (Å²) in [4.78, 5) is 12.6. The lowest BCUT2D eigenvalue weighted by Gasteiger charge is -2.15. The van der Waals surface area contributed by atoms with E-state index >= 15 is 0 Å². The maximum absolute atomic E-state index is 12.1. The zero-order chi connectivity index (χ0) is 17.3. The van der Waals surface area contributed by atoms with Crippen LogP contribution < -0.4 is 10.6 Å². The van der Waals surface area contributed by atoms with Gasteiger partial charge in [0.15, 0.2) is 5.50 Å². The molecule has 0 aliphatic carbocycles. The summed E-state index contributed by atoms with van der Waals surface area (Å²) in [6.45, 7) is 1.95. The van der Waals surface area contributed by atoms with Gasteiger partial charge in [-0.15, -0.1) is 0 Å². The second kappa shape index (κ2) is 6.67. The largest absolute Gasteiger partial charge is 0.508 e. The van der Waals surface area contributed by atoms with Gasteiger partial charge >= 0.3 is 0 Å². The zero-order valence-electron chi connectivity index (χ0n) is 12.7. The summed E-state index contributed by atoms with van der Waals surface area (Å²) in [5.74, 6) is -0.350. The average Bonchev–Trinajstić information content (AvgIpc) is 2.85. The lowest BCUT2D eigenvalue weighted by molar-refractivity contribution is -0.116. The second-order valence-electron chi connectivity index (χ2n) is 5.33. The fourth-order valence-electron chi connectivity index (χ4n) is 2.25. The summed E-state index contributed by atoms with van der Waals surface area (Å²) in [7, 11) is 0. The SMILES string of the molecule is Cc1ccc(Cl)cc1NC1NC(=O)/C(=C/c2ccc(O)cc2O)S1. The van der Waals surface area contributed by atoms with Crippen molar-refractivity contribution >= 4 is 41.0 Å². The fourth-order valence-corrected chi connectivity index (χ4v) is 3.39. The number of aromatic hydroxyl groups is 2. The Morgan fingerprint density at radius 2 is 2.04 bits per heavy atom. The van der Waals surface area contributed by atoms with Crippen LogP contribution in [0.2, 0.25) is 5.02 Å². The first-order chi connectivity index (χ1) is 11.4. The summed E-state index contributed by atoms with van der Waals surface area (Å²) < 4.78 is 0. The minimum absolute atomic E-state index is 0.0332. The molecule has 24 heavy (non-hydrogen) atoms. The third-order valence-corrected chi connectivity index (χ3v) is 4.78. The number of amides is 1. The second-order valence-corrected chi connectivity index (χ2v) is 6.91. The number of nitrogens with one attached hydrogen (secondary N) is 2. The van der Waals surface area contributed by atoms with Crippen LogP contribution in [0.25, 0.3) is 6.08 Å². The van der Waals surface area contributed by atoms with Gasteiger partial charge in [0.05, 0.1) is 4.91 Å². The molecule has 1 saturated heterocycles. The molecule has 0 bridgehead atoms. The minimum Gasteiger partial charge on any atom is -0.508 e. The number of carbonyl (C=O) groups is 1. The Labute approximate surface area is 148 Å². The van der Waals surface area contributed by atoms with E-state index in [1.807, 2.05) is 13.0 Å². The number of rotatable bonds is 3. The molecule has 0 aromatic heterocycles. The Kier molecular flexibility index (Phi) is 4.59. The standard InChI is InChI=1S/C17H15ClN2O3S/c1-9-2-4-11(18)7-13(9)19-17-20-16(23)15(24-17)6-10-3-5-12(21)8-14(10)22/h2-8,17,19,21-22H,1H3,(H,20,23)/b15-6-. The van der Waals surface area contributed by atoms with Crippen molar-refractivity contribution in [2.45, 2.75) is 12.4 Å². The fraction of sp³-hybridized carbons (Fsp3) is 0.118. The van der Waals surface area contributed by atoms with Crippen LogP contribution in [-0.2, 0) is 4.79 Å². The van der Waals surface area contributed by atoms with Crippen LogP contribution in [0.3, 0.4) is 0 Å². The van der Waals surface area contributed by atoms with Gasteiger partial charge in [-0.3, -0.25) is 4.79 Å². The van der Waals surface area contributed by atoms with Gasteiger partial charge in [0.2, 0.25) is 0 Å². The summed E-state index contributed by atoms with van der Waals surface area (Å²) in [5.41, 5.74) is 1.99. The van der Waals surface area contributed by atoms with Gasteiger partial charge in [-0.2, -0.15) is 0 Å². The Balaban J connectivity index is 1.78. The van der Waals surface area contributed by atoms with Gasteiger partial charge in [-0.1, -0.05) is 29.4 Å². The number of phenols is 2. The van der Waals surface area contributed by atoms with Crippen molar-refractivity contribution in [2.24, 2.45) is 0 Å². The Bertz CT molecular complexity index is 839. The van der Waals surface area contributed by atoms with E-state index in [0.29, 0.717) is 15.5 Å². The number of thioether (sulfide) groups is 1. The van der Waals surface area contributed by atoms with Gasteiger partial charge in [0.1, 0.15) is 11.5 Å². The van der Waals surface area contributed by atoms with Crippen molar-refractivity contribution in [3.05, 3.63) is 57.5 Å². The van der Waals surface area contributed by atoms with Crippen LogP contribution in [-0.4, -0.2) is 21.6 Å². The predicted molar refractivity (Wildman–Crippen MR) is 97.1 cm³/mol. The van der Waals surface area contributed by atoms with Gasteiger partial charge in [0, 0.05) is 22.3 Å². The molecular weight excluding hydrogens is 348 g/mol. The molecule has 124 valence electrons. The average molecular weight is 363 g/mol. The summed E-state index contributed by atoms with van der Waals surface area (Å²) in [6.07, 6.45) is 1.58. The highest BCUT2D eigenvalue weighted by Crippen LogP contribution is 2.33. The van der Waals surface area contributed by atoms with E-state index in [9.17, 15) is 15.0 Å². The maximum Gasteiger partial charge on any atom is 0.260 e. The summed E-state index contributed by atoms with van der Waals surface area (Å²) >= 11 is 7.31. The molecule has 5 nitrogen and oxygen atoms in total. The number of phenolic OH excluding ortho intramolecular Hbond substituents is 2. The van der Waals surface area contributed by atoms with Crippen molar-refractivity contribution < 1.29 is 15.0 Å². The molecule has 1 unspecified atom stereocenters. The van der Waals surface area contributed by atoms with Crippen LogP contribution in [0.4, 0.5) is 5.69 Å². The number of hydrogen-bond donors (Lipinski definition) is 4. The Hall–Kier alpha value is -2.31. The van der Waals surface area contributed by atoms with E-state index in [0.717, 1.165) is 11.3 Å². The van der Waals surface area contributed by atoms with E-state index in [4.69, 9.17) is 11.6 Å². The summed E-state index contributed by atoms with van der Waals surface area (Å²) in [5, 5.41) is 25.8. The van der Waals surface area contributed by atoms with Crippen molar-refractivity contribution in [3.8, 4) is 11.5 Å². The molecular formula is C17H15ClN2O3S. The monoisotopic (exact) mass is 362 g/mol. The molecule has 1 atom stereocenters. The number of hydrogen-bond acceptors (Lipinski definition) is 5. The van der Waals surface area contributed by atoms with E-state index in [1.54, 1.807) is 24.3 Å². The molecule has 1 heterocycles. The molecule has 0 radical (unpaired) electrons. The van der Waals surface area contributed by atoms with Gasteiger partial charge in [-0.25, -0.2) is 0 Å². The first-order valence-electron chi connectivity index (χ1n) is 7.16. The van der Waals surface area contributed by atoms with Crippen molar-refractivity contribution in [3.63, 3.8) is 0 Å². The Morgan fingerprint density at radius 1 is 1.25 bits per heavy atom. The normalized spacial score (nSPS) is 18.7. The van der Waals surface area contributed by atoms with Crippen LogP contribution in [0.1, 0.15) is 11.1 Å². The first kappa shape index (κ1) is 16.5. The third kappa shape index (κ3) is 3.60. The molecule has 2 aromatic carbocycles. The Morgan fingerprint density at radius 3 is 2.79 bits per heavy atom. The predicted octanol–water partition coefficient (Wildman–Crippen LogP) is 3.66. The van der Waals surface area contributed by atoms with E-state index in [2.05, 4.69) is 10.6 Å². The van der Waals surface area contributed by atoms with Crippen LogP contribution in [0, 0.1) is 6.92 Å². The molecule has 7 heteroatoms. The maximum atomic E-state index is 12.1. The number of anilines is 1. The highest BCUT2D eigenvalue weighted by molar-refractivity contribution is 8.05. The highest BCUT2D eigenvalue weighted by Gasteiger charge is 2.27. The molecule has 2 aromatic rings. The molecule has 0 spiro atoms. The van der Waals surface area contributed by atoms with E-state index in [1.165, 1.54) is 23.9 Å². The van der Waals surface area contributed by atoms with Crippen molar-refractivity contribution in [1.29, 1.82) is 0 Å². The smallest absolute Gasteiger partial charge is 0.260 e. The molecule has 1 fully saturated rings.